The van der Waals surface area contributed by atoms with Gasteiger partial charge >= 0.3 is 6.03 Å². The van der Waals surface area contributed by atoms with Crippen molar-refractivity contribution in [2.24, 2.45) is 0 Å². The van der Waals surface area contributed by atoms with Gasteiger partial charge in [-0.15, -0.1) is 0 Å². The summed E-state index contributed by atoms with van der Waals surface area (Å²) in [5.74, 6) is 0.819. The molecule has 1 aromatic rings. The maximum Gasteiger partial charge on any atom is 0.318 e. The van der Waals surface area contributed by atoms with Crippen LogP contribution in [0, 0.1) is 0 Å². The molecular formula is C17H28N2O2. The minimum absolute atomic E-state index is 0.000446. The largest absolute Gasteiger partial charge is 0.497 e. The Morgan fingerprint density at radius 1 is 1.14 bits per heavy atom. The van der Waals surface area contributed by atoms with Crippen molar-refractivity contribution in [1.82, 2.24) is 10.2 Å². The molecule has 21 heavy (non-hydrogen) atoms. The number of nitrogens with one attached hydrogen (secondary N) is 1. The lowest BCUT2D eigenvalue weighted by atomic mass is 9.94. The molecule has 0 aromatic heterocycles. The molecule has 0 bridgehead atoms. The van der Waals surface area contributed by atoms with Crippen molar-refractivity contribution in [2.75, 3.05) is 20.2 Å². The molecule has 4 nitrogen and oxygen atoms in total. The fourth-order valence-electron chi connectivity index (χ4n) is 2.28. The van der Waals surface area contributed by atoms with Crippen LogP contribution in [-0.2, 0) is 5.54 Å². The van der Waals surface area contributed by atoms with Crippen LogP contribution >= 0.6 is 0 Å². The van der Waals surface area contributed by atoms with Crippen molar-refractivity contribution in [3.8, 4) is 5.75 Å². The van der Waals surface area contributed by atoms with E-state index >= 15 is 0 Å². The standard InChI is InChI=1S/C17H28N2O2/c1-6-12-19(13-7-2)16(20)18-17(3,4)14-8-10-15(21-5)11-9-14/h8-11H,6-7,12-13H2,1-5H3,(H,18,20). The zero-order valence-corrected chi connectivity index (χ0v) is 13.9. The molecule has 0 heterocycles. The predicted molar refractivity (Wildman–Crippen MR) is 86.7 cm³/mol. The normalized spacial score (nSPS) is 11.1. The molecule has 0 unspecified atom stereocenters. The van der Waals surface area contributed by atoms with Crippen LogP contribution in [0.2, 0.25) is 0 Å². The molecule has 0 fully saturated rings. The van der Waals surface area contributed by atoms with Gasteiger partial charge in [-0.25, -0.2) is 4.79 Å². The van der Waals surface area contributed by atoms with E-state index in [1.54, 1.807) is 7.11 Å². The van der Waals surface area contributed by atoms with Crippen LogP contribution in [0.3, 0.4) is 0 Å². The van der Waals surface area contributed by atoms with E-state index in [2.05, 4.69) is 19.2 Å². The Morgan fingerprint density at radius 2 is 1.67 bits per heavy atom. The maximum absolute atomic E-state index is 12.4. The van der Waals surface area contributed by atoms with E-state index in [-0.39, 0.29) is 6.03 Å². The summed E-state index contributed by atoms with van der Waals surface area (Å²) in [6.07, 6.45) is 1.94. The molecule has 1 aromatic carbocycles. The smallest absolute Gasteiger partial charge is 0.318 e. The first-order valence-electron chi connectivity index (χ1n) is 7.66. The first-order valence-corrected chi connectivity index (χ1v) is 7.66. The molecule has 0 radical (unpaired) electrons. The SMILES string of the molecule is CCCN(CCC)C(=O)NC(C)(C)c1ccc(OC)cc1. The number of carbonyl (C=O) groups excluding carboxylic acids is 1. The number of amides is 2. The number of ether oxygens (including phenoxy) is 1. The van der Waals surface area contributed by atoms with Crippen LogP contribution in [0.4, 0.5) is 4.79 Å². The van der Waals surface area contributed by atoms with E-state index in [4.69, 9.17) is 4.74 Å². The van der Waals surface area contributed by atoms with Crippen LogP contribution in [0.25, 0.3) is 0 Å². The van der Waals surface area contributed by atoms with Gasteiger partial charge in [-0.2, -0.15) is 0 Å². The number of methoxy groups -OCH3 is 1. The minimum atomic E-state index is -0.414. The lowest BCUT2D eigenvalue weighted by Gasteiger charge is -2.31. The van der Waals surface area contributed by atoms with Crippen LogP contribution in [0.5, 0.6) is 5.75 Å². The zero-order chi connectivity index (χ0) is 15.9. The highest BCUT2D eigenvalue weighted by atomic mass is 16.5. The van der Waals surface area contributed by atoms with Gasteiger partial charge in [0.15, 0.2) is 0 Å². The fraction of sp³-hybridized carbons (Fsp3) is 0.588. The quantitative estimate of drug-likeness (QED) is 0.831. The Balaban J connectivity index is 2.79. The van der Waals surface area contributed by atoms with E-state index in [0.29, 0.717) is 0 Å². The van der Waals surface area contributed by atoms with Gasteiger partial charge in [-0.1, -0.05) is 26.0 Å². The molecule has 0 aliphatic carbocycles. The Labute approximate surface area is 128 Å². The first-order chi connectivity index (χ1) is 9.94. The Morgan fingerprint density at radius 3 is 2.10 bits per heavy atom. The second-order valence-corrected chi connectivity index (χ2v) is 5.77. The third-order valence-electron chi connectivity index (χ3n) is 3.51. The monoisotopic (exact) mass is 292 g/mol. The summed E-state index contributed by atoms with van der Waals surface area (Å²) in [5, 5.41) is 3.13. The van der Waals surface area contributed by atoms with E-state index in [9.17, 15) is 4.79 Å². The summed E-state index contributed by atoms with van der Waals surface area (Å²) >= 11 is 0. The summed E-state index contributed by atoms with van der Waals surface area (Å²) in [7, 11) is 1.65. The number of carbonyl (C=O) groups is 1. The molecule has 0 saturated heterocycles. The van der Waals surface area contributed by atoms with E-state index < -0.39 is 5.54 Å². The van der Waals surface area contributed by atoms with Crippen molar-refractivity contribution in [1.29, 1.82) is 0 Å². The Hall–Kier alpha value is -1.71. The zero-order valence-electron chi connectivity index (χ0n) is 13.9. The number of benzene rings is 1. The number of urea groups is 1. The number of nitrogens with zero attached hydrogens (tertiary/aromatic N) is 1. The number of hydrogen-bond acceptors (Lipinski definition) is 2. The average molecular weight is 292 g/mol. The minimum Gasteiger partial charge on any atom is -0.497 e. The highest BCUT2D eigenvalue weighted by Crippen LogP contribution is 2.23. The molecule has 1 N–H and O–H groups in total. The topological polar surface area (TPSA) is 41.6 Å². The Bertz CT molecular complexity index is 435. The number of rotatable bonds is 7. The molecule has 2 amide bonds. The van der Waals surface area contributed by atoms with Gasteiger partial charge in [0.05, 0.1) is 12.6 Å². The van der Waals surface area contributed by atoms with E-state index in [1.165, 1.54) is 0 Å². The molecule has 4 heteroatoms. The molecule has 0 aliphatic rings. The molecule has 0 atom stereocenters. The maximum atomic E-state index is 12.4. The van der Waals surface area contributed by atoms with Crippen LogP contribution in [0.1, 0.15) is 46.1 Å². The van der Waals surface area contributed by atoms with Gasteiger partial charge in [-0.05, 0) is 44.4 Å². The van der Waals surface area contributed by atoms with Crippen molar-refractivity contribution in [2.45, 2.75) is 46.1 Å². The summed E-state index contributed by atoms with van der Waals surface area (Å²) in [6.45, 7) is 9.79. The van der Waals surface area contributed by atoms with Crippen molar-refractivity contribution < 1.29 is 9.53 Å². The summed E-state index contributed by atoms with van der Waals surface area (Å²) in [5.41, 5.74) is 0.646. The van der Waals surface area contributed by atoms with Crippen LogP contribution < -0.4 is 10.1 Å². The van der Waals surface area contributed by atoms with Gasteiger partial charge in [0.2, 0.25) is 0 Å². The third kappa shape index (κ3) is 4.96. The molecule has 0 aliphatic heterocycles. The molecule has 1 rings (SSSR count). The van der Waals surface area contributed by atoms with E-state index in [0.717, 1.165) is 37.2 Å². The first kappa shape index (κ1) is 17.3. The second kappa shape index (κ2) is 7.91. The van der Waals surface area contributed by atoms with Crippen LogP contribution in [0.15, 0.2) is 24.3 Å². The van der Waals surface area contributed by atoms with Crippen LogP contribution in [-0.4, -0.2) is 31.1 Å². The van der Waals surface area contributed by atoms with Gasteiger partial charge in [0.1, 0.15) is 5.75 Å². The third-order valence-corrected chi connectivity index (χ3v) is 3.51. The highest BCUT2D eigenvalue weighted by Gasteiger charge is 2.25. The van der Waals surface area contributed by atoms with Gasteiger partial charge in [0.25, 0.3) is 0 Å². The summed E-state index contributed by atoms with van der Waals surface area (Å²) < 4.78 is 5.17. The van der Waals surface area contributed by atoms with Gasteiger partial charge in [0, 0.05) is 13.1 Å². The average Bonchev–Trinajstić information content (AvgIpc) is 2.46. The van der Waals surface area contributed by atoms with Crippen molar-refractivity contribution in [3.05, 3.63) is 29.8 Å². The van der Waals surface area contributed by atoms with Gasteiger partial charge < -0.3 is 15.0 Å². The predicted octanol–water partition coefficient (Wildman–Crippen LogP) is 3.76. The highest BCUT2D eigenvalue weighted by molar-refractivity contribution is 5.75. The molecule has 118 valence electrons. The lowest BCUT2D eigenvalue weighted by Crippen LogP contribution is -2.48. The fourth-order valence-corrected chi connectivity index (χ4v) is 2.28. The number of hydrogen-bond donors (Lipinski definition) is 1. The second-order valence-electron chi connectivity index (χ2n) is 5.77. The lowest BCUT2D eigenvalue weighted by molar-refractivity contribution is 0.186. The Kier molecular flexibility index (Phi) is 6.53. The van der Waals surface area contributed by atoms with Gasteiger partial charge in [-0.3, -0.25) is 0 Å². The summed E-state index contributed by atoms with van der Waals surface area (Å²) in [4.78, 5) is 14.3. The molecule has 0 saturated carbocycles. The summed E-state index contributed by atoms with van der Waals surface area (Å²) in [6, 6.07) is 7.81. The molecular weight excluding hydrogens is 264 g/mol. The van der Waals surface area contributed by atoms with Crippen molar-refractivity contribution in [3.63, 3.8) is 0 Å². The molecule has 0 spiro atoms. The van der Waals surface area contributed by atoms with Crippen molar-refractivity contribution >= 4 is 6.03 Å². The van der Waals surface area contributed by atoms with E-state index in [1.807, 2.05) is 43.0 Å².